The van der Waals surface area contributed by atoms with Crippen LogP contribution >= 0.6 is 0 Å². The van der Waals surface area contributed by atoms with Gasteiger partial charge in [-0.1, -0.05) is 35.4 Å². The number of benzene rings is 4. The monoisotopic (exact) mass is 422 g/mol. The zero-order valence-corrected chi connectivity index (χ0v) is 18.8. The topological polar surface area (TPSA) is 35.5 Å². The van der Waals surface area contributed by atoms with Gasteiger partial charge in [0.05, 0.1) is 0 Å². The van der Waals surface area contributed by atoms with E-state index < -0.39 is 0 Å². The molecule has 0 aliphatic rings. The van der Waals surface area contributed by atoms with Gasteiger partial charge < -0.3 is 9.47 Å². The van der Waals surface area contributed by atoms with Crippen molar-refractivity contribution < 1.29 is 14.3 Å². The van der Waals surface area contributed by atoms with Gasteiger partial charge in [-0.3, -0.25) is 4.79 Å². The number of ether oxygens (including phenoxy) is 2. The van der Waals surface area contributed by atoms with E-state index in [0.29, 0.717) is 22.6 Å². The van der Waals surface area contributed by atoms with Crippen LogP contribution in [0.2, 0.25) is 0 Å². The summed E-state index contributed by atoms with van der Waals surface area (Å²) < 4.78 is 11.9. The second-order valence-corrected chi connectivity index (χ2v) is 8.12. The quantitative estimate of drug-likeness (QED) is 0.298. The Kier molecular flexibility index (Phi) is 6.09. The first-order valence-corrected chi connectivity index (χ1v) is 10.6. The zero-order valence-electron chi connectivity index (χ0n) is 18.8. The molecule has 32 heavy (non-hydrogen) atoms. The fourth-order valence-corrected chi connectivity index (χ4v) is 3.60. The molecule has 0 bridgehead atoms. The van der Waals surface area contributed by atoms with E-state index in [1.54, 1.807) is 24.3 Å². The molecule has 160 valence electrons. The van der Waals surface area contributed by atoms with Gasteiger partial charge in [0.2, 0.25) is 0 Å². The normalized spacial score (nSPS) is 10.6. The molecule has 0 atom stereocenters. The number of aryl methyl sites for hydroxylation is 4. The van der Waals surface area contributed by atoms with Crippen LogP contribution in [0.4, 0.5) is 0 Å². The molecule has 0 unspecified atom stereocenters. The Labute approximate surface area is 189 Å². The van der Waals surface area contributed by atoms with Crippen LogP contribution in [0.1, 0.15) is 38.2 Å². The van der Waals surface area contributed by atoms with Crippen LogP contribution in [0.15, 0.2) is 84.9 Å². The average molecular weight is 423 g/mol. The summed E-state index contributed by atoms with van der Waals surface area (Å²) in [6.07, 6.45) is 0. The Bertz CT molecular complexity index is 1150. The second-order valence-electron chi connectivity index (χ2n) is 8.12. The summed E-state index contributed by atoms with van der Waals surface area (Å²) in [7, 11) is 0. The lowest BCUT2D eigenvalue weighted by Gasteiger charge is -2.11. The van der Waals surface area contributed by atoms with Crippen molar-refractivity contribution in [2.24, 2.45) is 0 Å². The van der Waals surface area contributed by atoms with Crippen molar-refractivity contribution in [3.05, 3.63) is 118 Å². The molecule has 0 radical (unpaired) electrons. The second kappa shape index (κ2) is 9.11. The third-order valence-electron chi connectivity index (χ3n) is 5.35. The SMILES string of the molecule is Cc1ccc(Oc2ccc(C(=O)c3ccc(Oc4ccc(C)cc4C)cc3)cc2)c(C)c1. The zero-order chi connectivity index (χ0) is 22.7. The van der Waals surface area contributed by atoms with Crippen LogP contribution in [0.3, 0.4) is 0 Å². The molecular formula is C29H26O3. The van der Waals surface area contributed by atoms with E-state index in [1.807, 2.05) is 62.4 Å². The first-order chi connectivity index (χ1) is 15.4. The Morgan fingerprint density at radius 3 is 1.25 bits per heavy atom. The lowest BCUT2D eigenvalue weighted by atomic mass is 10.0. The Morgan fingerprint density at radius 2 is 0.906 bits per heavy atom. The van der Waals surface area contributed by atoms with E-state index in [2.05, 4.69) is 26.0 Å². The Hall–Kier alpha value is -3.85. The summed E-state index contributed by atoms with van der Waals surface area (Å²) in [5, 5.41) is 0. The molecule has 0 aliphatic carbocycles. The van der Waals surface area contributed by atoms with Gasteiger partial charge in [-0.2, -0.15) is 0 Å². The summed E-state index contributed by atoms with van der Waals surface area (Å²) in [6, 6.07) is 26.6. The lowest BCUT2D eigenvalue weighted by molar-refractivity contribution is 0.103. The molecule has 0 spiro atoms. The number of hydrogen-bond donors (Lipinski definition) is 0. The highest BCUT2D eigenvalue weighted by atomic mass is 16.5. The van der Waals surface area contributed by atoms with Crippen molar-refractivity contribution in [1.29, 1.82) is 0 Å². The van der Waals surface area contributed by atoms with E-state index in [-0.39, 0.29) is 5.78 Å². The molecule has 3 nitrogen and oxygen atoms in total. The van der Waals surface area contributed by atoms with Crippen molar-refractivity contribution in [3.8, 4) is 23.0 Å². The van der Waals surface area contributed by atoms with Crippen molar-refractivity contribution in [2.75, 3.05) is 0 Å². The largest absolute Gasteiger partial charge is 0.457 e. The number of carbonyl (C=O) groups is 1. The molecule has 0 saturated carbocycles. The van der Waals surface area contributed by atoms with Crippen LogP contribution in [-0.4, -0.2) is 5.78 Å². The average Bonchev–Trinajstić information content (AvgIpc) is 2.78. The third-order valence-corrected chi connectivity index (χ3v) is 5.35. The fourth-order valence-electron chi connectivity index (χ4n) is 3.60. The third kappa shape index (κ3) is 4.89. The summed E-state index contributed by atoms with van der Waals surface area (Å²) in [5.41, 5.74) is 5.77. The van der Waals surface area contributed by atoms with Crippen molar-refractivity contribution in [2.45, 2.75) is 27.7 Å². The maximum Gasteiger partial charge on any atom is 0.193 e. The minimum atomic E-state index is -0.0406. The van der Waals surface area contributed by atoms with Gasteiger partial charge in [-0.05, 0) is 99.5 Å². The van der Waals surface area contributed by atoms with Crippen LogP contribution < -0.4 is 9.47 Å². The molecule has 0 fully saturated rings. The smallest absolute Gasteiger partial charge is 0.193 e. The number of hydrogen-bond acceptors (Lipinski definition) is 3. The summed E-state index contributed by atoms with van der Waals surface area (Å²) in [5.74, 6) is 2.99. The maximum atomic E-state index is 12.9. The van der Waals surface area contributed by atoms with Gasteiger partial charge in [0.15, 0.2) is 5.78 Å². The molecule has 3 heteroatoms. The van der Waals surface area contributed by atoms with E-state index in [1.165, 1.54) is 11.1 Å². The standard InChI is InChI=1S/C29H26O3/c1-19-5-15-27(21(3)17-19)31-25-11-7-23(8-12-25)29(30)24-9-13-26(14-10-24)32-28-16-6-20(2)18-22(28)4/h5-18H,1-4H3. The first kappa shape index (κ1) is 21.4. The number of carbonyl (C=O) groups excluding carboxylic acids is 1. The van der Waals surface area contributed by atoms with Crippen LogP contribution in [-0.2, 0) is 0 Å². The molecule has 4 aromatic carbocycles. The molecule has 0 N–H and O–H groups in total. The van der Waals surface area contributed by atoms with Gasteiger partial charge in [0.1, 0.15) is 23.0 Å². The van der Waals surface area contributed by atoms with Gasteiger partial charge in [0.25, 0.3) is 0 Å². The molecular weight excluding hydrogens is 396 g/mol. The fraction of sp³-hybridized carbons (Fsp3) is 0.138. The van der Waals surface area contributed by atoms with E-state index in [9.17, 15) is 4.79 Å². The summed E-state index contributed by atoms with van der Waals surface area (Å²) in [4.78, 5) is 12.9. The lowest BCUT2D eigenvalue weighted by Crippen LogP contribution is -2.01. The van der Waals surface area contributed by atoms with E-state index in [4.69, 9.17) is 9.47 Å². The van der Waals surface area contributed by atoms with Gasteiger partial charge >= 0.3 is 0 Å². The highest BCUT2D eigenvalue weighted by molar-refractivity contribution is 6.09. The van der Waals surface area contributed by atoms with Crippen LogP contribution in [0.5, 0.6) is 23.0 Å². The molecule has 4 rings (SSSR count). The highest BCUT2D eigenvalue weighted by Gasteiger charge is 2.11. The minimum absolute atomic E-state index is 0.0406. The highest BCUT2D eigenvalue weighted by Crippen LogP contribution is 2.28. The van der Waals surface area contributed by atoms with Gasteiger partial charge in [-0.25, -0.2) is 0 Å². The predicted molar refractivity (Wildman–Crippen MR) is 128 cm³/mol. The van der Waals surface area contributed by atoms with Crippen molar-refractivity contribution in [3.63, 3.8) is 0 Å². The molecule has 0 aromatic heterocycles. The maximum absolute atomic E-state index is 12.9. The van der Waals surface area contributed by atoms with E-state index >= 15 is 0 Å². The van der Waals surface area contributed by atoms with Crippen LogP contribution in [0, 0.1) is 27.7 Å². The van der Waals surface area contributed by atoms with Crippen molar-refractivity contribution in [1.82, 2.24) is 0 Å². The molecule has 0 saturated heterocycles. The number of ketones is 1. The van der Waals surface area contributed by atoms with Gasteiger partial charge in [0, 0.05) is 11.1 Å². The predicted octanol–water partition coefficient (Wildman–Crippen LogP) is 7.74. The Balaban J connectivity index is 1.44. The molecule has 4 aromatic rings. The number of rotatable bonds is 6. The molecule has 0 heterocycles. The van der Waals surface area contributed by atoms with Gasteiger partial charge in [-0.15, -0.1) is 0 Å². The Morgan fingerprint density at radius 1 is 0.531 bits per heavy atom. The van der Waals surface area contributed by atoms with E-state index in [0.717, 1.165) is 22.6 Å². The van der Waals surface area contributed by atoms with Crippen molar-refractivity contribution >= 4 is 5.78 Å². The minimum Gasteiger partial charge on any atom is -0.457 e. The van der Waals surface area contributed by atoms with Crippen LogP contribution in [0.25, 0.3) is 0 Å². The molecule has 0 amide bonds. The first-order valence-electron chi connectivity index (χ1n) is 10.6. The molecule has 0 aliphatic heterocycles. The summed E-state index contributed by atoms with van der Waals surface area (Å²) >= 11 is 0. The summed E-state index contributed by atoms with van der Waals surface area (Å²) in [6.45, 7) is 8.15.